The van der Waals surface area contributed by atoms with Crippen molar-refractivity contribution in [3.8, 4) is 11.8 Å². The van der Waals surface area contributed by atoms with Crippen molar-refractivity contribution in [3.05, 3.63) is 11.9 Å². The van der Waals surface area contributed by atoms with E-state index in [0.717, 1.165) is 0 Å². The molecule has 0 atom stereocenters. The van der Waals surface area contributed by atoms with Gasteiger partial charge in [-0.2, -0.15) is 0 Å². The molecule has 1 aromatic heterocycles. The fourth-order valence-electron chi connectivity index (χ4n) is 0.929. The first-order chi connectivity index (χ1) is 6.49. The molecule has 0 fully saturated rings. The topological polar surface area (TPSA) is 64.5 Å². The molecule has 1 N–H and O–H groups in total. The lowest BCUT2D eigenvalue weighted by Crippen LogP contribution is -2.18. The standard InChI is InChI=1S/C9H14N2O3/c1-9(2,12)6-5-10-7(13-3)8(11-6)14-4/h5,12H,1-4H3. The van der Waals surface area contributed by atoms with Crippen LogP contribution >= 0.6 is 0 Å². The van der Waals surface area contributed by atoms with Crippen molar-refractivity contribution in [2.24, 2.45) is 0 Å². The van der Waals surface area contributed by atoms with Crippen LogP contribution in [0.25, 0.3) is 0 Å². The molecule has 0 radical (unpaired) electrons. The number of rotatable bonds is 3. The molecule has 0 aromatic carbocycles. The van der Waals surface area contributed by atoms with Crippen molar-refractivity contribution < 1.29 is 14.6 Å². The smallest absolute Gasteiger partial charge is 0.278 e. The van der Waals surface area contributed by atoms with Gasteiger partial charge >= 0.3 is 0 Å². The zero-order valence-electron chi connectivity index (χ0n) is 8.74. The van der Waals surface area contributed by atoms with E-state index in [4.69, 9.17) is 9.47 Å². The highest BCUT2D eigenvalue weighted by Crippen LogP contribution is 2.25. The lowest BCUT2D eigenvalue weighted by Gasteiger charge is -2.17. The molecule has 0 bridgehead atoms. The van der Waals surface area contributed by atoms with Crippen molar-refractivity contribution in [1.29, 1.82) is 0 Å². The summed E-state index contributed by atoms with van der Waals surface area (Å²) in [6, 6.07) is 0. The van der Waals surface area contributed by atoms with E-state index in [1.807, 2.05) is 0 Å². The van der Waals surface area contributed by atoms with E-state index in [9.17, 15) is 5.11 Å². The van der Waals surface area contributed by atoms with Gasteiger partial charge in [-0.05, 0) is 13.8 Å². The summed E-state index contributed by atoms with van der Waals surface area (Å²) in [5.41, 5.74) is -0.595. The Hall–Kier alpha value is -1.36. The third-order valence-corrected chi connectivity index (χ3v) is 1.72. The number of methoxy groups -OCH3 is 2. The number of hydrogen-bond donors (Lipinski definition) is 1. The first-order valence-electron chi connectivity index (χ1n) is 4.17. The maximum absolute atomic E-state index is 9.67. The van der Waals surface area contributed by atoms with E-state index in [2.05, 4.69) is 9.97 Å². The van der Waals surface area contributed by atoms with Crippen LogP contribution in [0, 0.1) is 0 Å². The Bertz CT molecular complexity index is 320. The summed E-state index contributed by atoms with van der Waals surface area (Å²) in [7, 11) is 2.96. The highest BCUT2D eigenvalue weighted by Gasteiger charge is 2.20. The molecule has 5 heteroatoms. The van der Waals surface area contributed by atoms with Crippen molar-refractivity contribution in [2.75, 3.05) is 14.2 Å². The minimum atomic E-state index is -1.04. The van der Waals surface area contributed by atoms with Crippen LogP contribution < -0.4 is 9.47 Å². The average Bonchev–Trinajstić information content (AvgIpc) is 2.15. The largest absolute Gasteiger partial charge is 0.477 e. The fraction of sp³-hybridized carbons (Fsp3) is 0.556. The van der Waals surface area contributed by atoms with Crippen LogP contribution in [0.1, 0.15) is 19.5 Å². The zero-order chi connectivity index (χ0) is 10.8. The predicted octanol–water partition coefficient (Wildman–Crippen LogP) is 0.721. The fourth-order valence-corrected chi connectivity index (χ4v) is 0.929. The molecule has 0 saturated heterocycles. The van der Waals surface area contributed by atoms with Gasteiger partial charge in [0.15, 0.2) is 0 Å². The number of hydrogen-bond acceptors (Lipinski definition) is 5. The molecule has 0 amide bonds. The van der Waals surface area contributed by atoms with Gasteiger partial charge in [0.2, 0.25) is 0 Å². The first kappa shape index (κ1) is 10.7. The number of aromatic nitrogens is 2. The third kappa shape index (κ3) is 2.11. The van der Waals surface area contributed by atoms with E-state index >= 15 is 0 Å². The second-order valence-corrected chi connectivity index (χ2v) is 3.33. The summed E-state index contributed by atoms with van der Waals surface area (Å²) in [5.74, 6) is 0.577. The number of nitrogens with zero attached hydrogens (tertiary/aromatic N) is 2. The van der Waals surface area contributed by atoms with Crippen LogP contribution in [0.15, 0.2) is 6.20 Å². The highest BCUT2D eigenvalue weighted by atomic mass is 16.5. The van der Waals surface area contributed by atoms with Crippen LogP contribution in [-0.4, -0.2) is 29.3 Å². The number of aliphatic hydroxyl groups is 1. The maximum atomic E-state index is 9.67. The third-order valence-electron chi connectivity index (χ3n) is 1.72. The second-order valence-electron chi connectivity index (χ2n) is 3.33. The van der Waals surface area contributed by atoms with Crippen LogP contribution in [0.5, 0.6) is 11.8 Å². The Balaban J connectivity index is 3.14. The molecular weight excluding hydrogens is 184 g/mol. The van der Waals surface area contributed by atoms with Crippen molar-refractivity contribution in [1.82, 2.24) is 9.97 Å². The molecule has 0 aliphatic carbocycles. The van der Waals surface area contributed by atoms with Crippen LogP contribution in [0.2, 0.25) is 0 Å². The van der Waals surface area contributed by atoms with E-state index in [1.165, 1.54) is 20.4 Å². The Labute approximate surface area is 82.7 Å². The van der Waals surface area contributed by atoms with Crippen molar-refractivity contribution in [2.45, 2.75) is 19.4 Å². The molecule has 0 aliphatic heterocycles. The molecule has 14 heavy (non-hydrogen) atoms. The van der Waals surface area contributed by atoms with Gasteiger partial charge in [-0.3, -0.25) is 0 Å². The Morgan fingerprint density at radius 1 is 1.21 bits per heavy atom. The monoisotopic (exact) mass is 198 g/mol. The lowest BCUT2D eigenvalue weighted by atomic mass is 10.1. The summed E-state index contributed by atoms with van der Waals surface area (Å²) in [4.78, 5) is 8.04. The Kier molecular flexibility index (Phi) is 2.90. The average molecular weight is 198 g/mol. The summed E-state index contributed by atoms with van der Waals surface area (Å²) < 4.78 is 9.89. The highest BCUT2D eigenvalue weighted by molar-refractivity contribution is 5.27. The van der Waals surface area contributed by atoms with E-state index in [1.54, 1.807) is 13.8 Å². The summed E-state index contributed by atoms with van der Waals surface area (Å²) in [6.45, 7) is 3.26. The van der Waals surface area contributed by atoms with Gasteiger partial charge in [0.1, 0.15) is 5.60 Å². The van der Waals surface area contributed by atoms with Crippen LogP contribution in [0.4, 0.5) is 0 Å². The summed E-state index contributed by atoms with van der Waals surface area (Å²) in [6.07, 6.45) is 1.46. The molecule has 0 aliphatic rings. The molecule has 0 spiro atoms. The van der Waals surface area contributed by atoms with E-state index in [0.29, 0.717) is 11.6 Å². The van der Waals surface area contributed by atoms with Gasteiger partial charge < -0.3 is 14.6 Å². The van der Waals surface area contributed by atoms with Gasteiger partial charge in [-0.15, -0.1) is 0 Å². The lowest BCUT2D eigenvalue weighted by molar-refractivity contribution is 0.0724. The first-order valence-corrected chi connectivity index (χ1v) is 4.17. The zero-order valence-corrected chi connectivity index (χ0v) is 8.74. The molecule has 1 rings (SSSR count). The van der Waals surface area contributed by atoms with Crippen LogP contribution in [0.3, 0.4) is 0 Å². The van der Waals surface area contributed by atoms with Gasteiger partial charge in [0, 0.05) is 0 Å². The van der Waals surface area contributed by atoms with Crippen LogP contribution in [-0.2, 0) is 5.60 Å². The molecular formula is C9H14N2O3. The van der Waals surface area contributed by atoms with E-state index < -0.39 is 5.60 Å². The molecule has 78 valence electrons. The van der Waals surface area contributed by atoms with Crippen molar-refractivity contribution in [3.63, 3.8) is 0 Å². The van der Waals surface area contributed by atoms with Gasteiger partial charge in [-0.25, -0.2) is 9.97 Å². The predicted molar refractivity (Wildman–Crippen MR) is 50.4 cm³/mol. The molecule has 0 saturated carbocycles. The molecule has 1 heterocycles. The Morgan fingerprint density at radius 3 is 2.21 bits per heavy atom. The van der Waals surface area contributed by atoms with Gasteiger partial charge in [-0.1, -0.05) is 0 Å². The molecule has 0 unspecified atom stereocenters. The second kappa shape index (κ2) is 3.79. The van der Waals surface area contributed by atoms with E-state index in [-0.39, 0.29) is 5.88 Å². The maximum Gasteiger partial charge on any atom is 0.278 e. The SMILES string of the molecule is COc1ncc(C(C)(C)O)nc1OC. The normalized spacial score (nSPS) is 11.2. The molecule has 5 nitrogen and oxygen atoms in total. The number of ether oxygens (including phenoxy) is 2. The van der Waals surface area contributed by atoms with Gasteiger partial charge in [0.05, 0.1) is 26.1 Å². The molecule has 1 aromatic rings. The van der Waals surface area contributed by atoms with Gasteiger partial charge in [0.25, 0.3) is 11.8 Å². The minimum absolute atomic E-state index is 0.270. The quantitative estimate of drug-likeness (QED) is 0.775. The minimum Gasteiger partial charge on any atom is -0.477 e. The summed E-state index contributed by atoms with van der Waals surface area (Å²) in [5, 5.41) is 9.67. The van der Waals surface area contributed by atoms with Crippen molar-refractivity contribution >= 4 is 0 Å². The Morgan fingerprint density at radius 2 is 1.79 bits per heavy atom. The summed E-state index contributed by atoms with van der Waals surface area (Å²) >= 11 is 0.